The number of hydrogen-bond donors (Lipinski definition) is 2. The molecule has 0 aliphatic carbocycles. The van der Waals surface area contributed by atoms with E-state index in [4.69, 9.17) is 16.3 Å². The average molecular weight is 395 g/mol. The van der Waals surface area contributed by atoms with Crippen LogP contribution in [0.3, 0.4) is 0 Å². The summed E-state index contributed by atoms with van der Waals surface area (Å²) in [6.45, 7) is 1.18. The standard InChI is InChI=1S/C16H18ClF3N2O4/c1-9(2)13(10-3-5-11(17)6-4-10)14(24)26-7-12(23)22-15(25)21-8-16(18,19)20/h3-6,9,13H,7-8H2,1-2H3,(H2,21,22,23,25)/t13-/m1/s1. The van der Waals surface area contributed by atoms with Gasteiger partial charge in [0.25, 0.3) is 5.91 Å². The third-order valence-corrected chi connectivity index (χ3v) is 3.45. The minimum absolute atomic E-state index is 0.151. The zero-order valence-corrected chi connectivity index (χ0v) is 14.8. The monoisotopic (exact) mass is 394 g/mol. The van der Waals surface area contributed by atoms with Gasteiger partial charge in [-0.3, -0.25) is 14.9 Å². The lowest BCUT2D eigenvalue weighted by atomic mass is 9.88. The van der Waals surface area contributed by atoms with E-state index in [2.05, 4.69) is 0 Å². The van der Waals surface area contributed by atoms with Gasteiger partial charge in [-0.25, -0.2) is 4.79 Å². The Morgan fingerprint density at radius 1 is 1.15 bits per heavy atom. The Bertz CT molecular complexity index is 648. The summed E-state index contributed by atoms with van der Waals surface area (Å²) >= 11 is 5.80. The van der Waals surface area contributed by atoms with Crippen molar-refractivity contribution in [1.29, 1.82) is 0 Å². The average Bonchev–Trinajstić information content (AvgIpc) is 2.52. The van der Waals surface area contributed by atoms with Crippen LogP contribution in [0.1, 0.15) is 25.3 Å². The first-order chi connectivity index (χ1) is 12.0. The summed E-state index contributed by atoms with van der Waals surface area (Å²) in [7, 11) is 0. The van der Waals surface area contributed by atoms with E-state index in [9.17, 15) is 27.6 Å². The van der Waals surface area contributed by atoms with Gasteiger partial charge in [0.1, 0.15) is 6.54 Å². The molecule has 0 saturated carbocycles. The number of hydrogen-bond acceptors (Lipinski definition) is 4. The highest BCUT2D eigenvalue weighted by Crippen LogP contribution is 2.27. The zero-order valence-electron chi connectivity index (χ0n) is 14.0. The molecule has 0 aliphatic rings. The van der Waals surface area contributed by atoms with Crippen molar-refractivity contribution in [2.75, 3.05) is 13.2 Å². The molecule has 1 rings (SSSR count). The van der Waals surface area contributed by atoms with Crippen molar-refractivity contribution >= 4 is 29.5 Å². The van der Waals surface area contributed by atoms with Gasteiger partial charge in [-0.2, -0.15) is 13.2 Å². The molecule has 2 N–H and O–H groups in total. The van der Waals surface area contributed by atoms with Crippen molar-refractivity contribution in [3.8, 4) is 0 Å². The summed E-state index contributed by atoms with van der Waals surface area (Å²) in [5, 5.41) is 3.60. The molecule has 0 aromatic heterocycles. The molecule has 0 aliphatic heterocycles. The maximum atomic E-state index is 12.2. The smallest absolute Gasteiger partial charge is 0.405 e. The van der Waals surface area contributed by atoms with Crippen molar-refractivity contribution < 1.29 is 32.3 Å². The van der Waals surface area contributed by atoms with Gasteiger partial charge in [-0.15, -0.1) is 0 Å². The Kier molecular flexibility index (Phi) is 7.88. The van der Waals surface area contributed by atoms with Crippen molar-refractivity contribution in [2.24, 2.45) is 5.92 Å². The van der Waals surface area contributed by atoms with E-state index < -0.39 is 43.2 Å². The maximum Gasteiger partial charge on any atom is 0.405 e. The molecule has 0 heterocycles. The van der Waals surface area contributed by atoms with Gasteiger partial charge in [-0.1, -0.05) is 37.6 Å². The third kappa shape index (κ3) is 7.73. The van der Waals surface area contributed by atoms with Crippen LogP contribution in [-0.4, -0.2) is 37.2 Å². The predicted molar refractivity (Wildman–Crippen MR) is 87.6 cm³/mol. The van der Waals surface area contributed by atoms with E-state index in [1.165, 1.54) is 5.32 Å². The molecular formula is C16H18ClF3N2O4. The van der Waals surface area contributed by atoms with Crippen LogP contribution >= 0.6 is 11.6 Å². The summed E-state index contributed by atoms with van der Waals surface area (Å²) in [5.74, 6) is -2.56. The highest BCUT2D eigenvalue weighted by atomic mass is 35.5. The van der Waals surface area contributed by atoms with E-state index in [1.807, 2.05) is 0 Å². The first kappa shape index (κ1) is 21.8. The van der Waals surface area contributed by atoms with Crippen molar-refractivity contribution in [1.82, 2.24) is 10.6 Å². The third-order valence-electron chi connectivity index (χ3n) is 3.20. The number of amides is 3. The molecule has 1 aromatic carbocycles. The molecule has 3 amide bonds. The predicted octanol–water partition coefficient (Wildman–Crippen LogP) is 3.01. The van der Waals surface area contributed by atoms with Gasteiger partial charge in [0.15, 0.2) is 6.61 Å². The maximum absolute atomic E-state index is 12.2. The van der Waals surface area contributed by atoms with E-state index in [0.29, 0.717) is 10.6 Å². The van der Waals surface area contributed by atoms with Crippen molar-refractivity contribution in [3.05, 3.63) is 34.9 Å². The highest BCUT2D eigenvalue weighted by Gasteiger charge is 2.29. The quantitative estimate of drug-likeness (QED) is 0.726. The van der Waals surface area contributed by atoms with Gasteiger partial charge in [0.05, 0.1) is 5.92 Å². The van der Waals surface area contributed by atoms with E-state index in [0.717, 1.165) is 0 Å². The number of urea groups is 1. The number of esters is 1. The van der Waals surface area contributed by atoms with E-state index in [-0.39, 0.29) is 5.92 Å². The molecular weight excluding hydrogens is 377 g/mol. The minimum Gasteiger partial charge on any atom is -0.455 e. The molecule has 10 heteroatoms. The van der Waals surface area contributed by atoms with Crippen LogP contribution in [-0.2, 0) is 14.3 Å². The number of carbonyl (C=O) groups excluding carboxylic acids is 3. The lowest BCUT2D eigenvalue weighted by Gasteiger charge is -2.19. The molecule has 144 valence electrons. The summed E-state index contributed by atoms with van der Waals surface area (Å²) in [6.07, 6.45) is -4.60. The summed E-state index contributed by atoms with van der Waals surface area (Å²) in [6, 6.07) is 5.19. The fraction of sp³-hybridized carbons (Fsp3) is 0.438. The molecule has 1 aromatic rings. The summed E-state index contributed by atoms with van der Waals surface area (Å²) < 4.78 is 40.7. The fourth-order valence-electron chi connectivity index (χ4n) is 2.08. The number of alkyl halides is 3. The van der Waals surface area contributed by atoms with Gasteiger partial charge in [0.2, 0.25) is 0 Å². The second kappa shape index (κ2) is 9.42. The van der Waals surface area contributed by atoms with E-state index >= 15 is 0 Å². The Morgan fingerprint density at radius 3 is 2.23 bits per heavy atom. The Morgan fingerprint density at radius 2 is 1.73 bits per heavy atom. The largest absolute Gasteiger partial charge is 0.455 e. The van der Waals surface area contributed by atoms with Gasteiger partial charge in [0, 0.05) is 5.02 Å². The summed E-state index contributed by atoms with van der Waals surface area (Å²) in [5.41, 5.74) is 0.637. The molecule has 6 nitrogen and oxygen atoms in total. The molecule has 0 fully saturated rings. The number of rotatable bonds is 6. The molecule has 0 spiro atoms. The van der Waals surface area contributed by atoms with Crippen LogP contribution in [0.15, 0.2) is 24.3 Å². The second-order valence-corrected chi connectivity index (χ2v) is 6.16. The lowest BCUT2D eigenvalue weighted by Crippen LogP contribution is -2.44. The normalized spacial score (nSPS) is 12.4. The Labute approximate surface area is 153 Å². The number of halogens is 4. The molecule has 0 unspecified atom stereocenters. The number of nitrogens with one attached hydrogen (secondary N) is 2. The van der Waals surface area contributed by atoms with Gasteiger partial charge >= 0.3 is 18.2 Å². The molecule has 0 radical (unpaired) electrons. The molecule has 0 saturated heterocycles. The SMILES string of the molecule is CC(C)[C@@H](C(=O)OCC(=O)NC(=O)NCC(F)(F)F)c1ccc(Cl)cc1. The van der Waals surface area contributed by atoms with Crippen molar-refractivity contribution in [3.63, 3.8) is 0 Å². The highest BCUT2D eigenvalue weighted by molar-refractivity contribution is 6.30. The number of benzene rings is 1. The Balaban J connectivity index is 2.56. The topological polar surface area (TPSA) is 84.5 Å². The number of ether oxygens (including phenoxy) is 1. The van der Waals surface area contributed by atoms with Gasteiger partial charge < -0.3 is 10.1 Å². The Hall–Kier alpha value is -2.29. The summed E-state index contributed by atoms with van der Waals surface area (Å²) in [4.78, 5) is 34.9. The fourth-order valence-corrected chi connectivity index (χ4v) is 2.20. The number of carbonyl (C=O) groups is 3. The van der Waals surface area contributed by atoms with Crippen LogP contribution < -0.4 is 10.6 Å². The molecule has 26 heavy (non-hydrogen) atoms. The number of imide groups is 1. The second-order valence-electron chi connectivity index (χ2n) is 5.73. The van der Waals surface area contributed by atoms with Gasteiger partial charge in [-0.05, 0) is 23.6 Å². The molecule has 0 bridgehead atoms. The van der Waals surface area contributed by atoms with Crippen LogP contribution in [0, 0.1) is 5.92 Å². The van der Waals surface area contributed by atoms with E-state index in [1.54, 1.807) is 43.4 Å². The van der Waals surface area contributed by atoms with Crippen LogP contribution in [0.2, 0.25) is 5.02 Å². The zero-order chi connectivity index (χ0) is 19.9. The van der Waals surface area contributed by atoms with Crippen LogP contribution in [0.5, 0.6) is 0 Å². The van der Waals surface area contributed by atoms with Crippen LogP contribution in [0.25, 0.3) is 0 Å². The molecule has 1 atom stereocenters. The first-order valence-electron chi connectivity index (χ1n) is 7.56. The van der Waals surface area contributed by atoms with Crippen molar-refractivity contribution in [2.45, 2.75) is 25.9 Å². The lowest BCUT2D eigenvalue weighted by molar-refractivity contribution is -0.150. The minimum atomic E-state index is -4.60. The first-order valence-corrected chi connectivity index (χ1v) is 7.94. The van der Waals surface area contributed by atoms with Crippen LogP contribution in [0.4, 0.5) is 18.0 Å².